The van der Waals surface area contributed by atoms with E-state index in [4.69, 9.17) is 17.0 Å². The molecule has 7 nitrogen and oxygen atoms in total. The molecular weight excluding hydrogens is 462 g/mol. The van der Waals surface area contributed by atoms with Crippen molar-refractivity contribution in [3.05, 3.63) is 77.9 Å². The Morgan fingerprint density at radius 2 is 1.69 bits per heavy atom. The minimum atomic E-state index is -0.983. The van der Waals surface area contributed by atoms with Gasteiger partial charge < -0.3 is 25.4 Å². The molecule has 1 aliphatic heterocycles. The highest BCUT2D eigenvalue weighted by Crippen LogP contribution is 2.31. The first-order valence-electron chi connectivity index (χ1n) is 11.3. The van der Waals surface area contributed by atoms with Gasteiger partial charge in [-0.25, -0.2) is 4.79 Å². The quantitative estimate of drug-likeness (QED) is 0.391. The molecule has 8 heteroatoms. The third kappa shape index (κ3) is 5.27. The summed E-state index contributed by atoms with van der Waals surface area (Å²) in [5.74, 6) is -0.661. The number of carbonyl (C=O) groups is 2. The Balaban J connectivity index is 1.45. The summed E-state index contributed by atoms with van der Waals surface area (Å²) >= 11 is 5.42. The van der Waals surface area contributed by atoms with Crippen molar-refractivity contribution in [3.63, 3.8) is 0 Å². The number of carbonyl (C=O) groups excluding carboxylic acids is 1. The standard InChI is InChI=1S/C27H27N3O4S/c1-16(2)24(26(32)33)30-15-19-13-18(9-12-23(19)25(30)31)17-7-10-20(11-8-17)28-27(35)29-21-5-4-6-22(14-21)34-3/h4-14,16,24H,15H2,1-3H3,(H,32,33)(H2,28,29,35)/t24-/m0/s1. The molecule has 0 aliphatic carbocycles. The second-order valence-corrected chi connectivity index (χ2v) is 9.13. The van der Waals surface area contributed by atoms with Crippen LogP contribution in [-0.2, 0) is 11.3 Å². The Morgan fingerprint density at radius 1 is 1.00 bits per heavy atom. The molecule has 1 aliphatic rings. The number of methoxy groups -OCH3 is 1. The van der Waals surface area contributed by atoms with Gasteiger partial charge in [0.2, 0.25) is 0 Å². The van der Waals surface area contributed by atoms with Gasteiger partial charge in [-0.15, -0.1) is 0 Å². The number of nitrogens with zero attached hydrogens (tertiary/aromatic N) is 1. The lowest BCUT2D eigenvalue weighted by molar-refractivity contribution is -0.144. The van der Waals surface area contributed by atoms with E-state index < -0.39 is 12.0 Å². The van der Waals surface area contributed by atoms with Crippen molar-refractivity contribution in [3.8, 4) is 16.9 Å². The summed E-state index contributed by atoms with van der Waals surface area (Å²) in [7, 11) is 1.62. The molecule has 0 fully saturated rings. The van der Waals surface area contributed by atoms with Crippen molar-refractivity contribution < 1.29 is 19.4 Å². The Hall–Kier alpha value is -3.91. The number of aliphatic carboxylic acids is 1. The molecule has 0 aromatic heterocycles. The highest BCUT2D eigenvalue weighted by molar-refractivity contribution is 7.80. The Labute approximate surface area is 209 Å². The maximum absolute atomic E-state index is 12.8. The van der Waals surface area contributed by atoms with E-state index >= 15 is 0 Å². The molecule has 35 heavy (non-hydrogen) atoms. The fraction of sp³-hybridized carbons (Fsp3) is 0.222. The highest BCUT2D eigenvalue weighted by Gasteiger charge is 2.38. The molecule has 3 N–H and O–H groups in total. The number of nitrogens with one attached hydrogen (secondary N) is 2. The van der Waals surface area contributed by atoms with Crippen LogP contribution in [0.15, 0.2) is 66.7 Å². The van der Waals surface area contributed by atoms with Crippen LogP contribution in [0.3, 0.4) is 0 Å². The van der Waals surface area contributed by atoms with Gasteiger partial charge in [-0.1, -0.05) is 38.1 Å². The van der Waals surface area contributed by atoms with Gasteiger partial charge in [0.05, 0.1) is 7.11 Å². The van der Waals surface area contributed by atoms with Crippen LogP contribution in [0.25, 0.3) is 11.1 Å². The van der Waals surface area contributed by atoms with Gasteiger partial charge in [0.1, 0.15) is 11.8 Å². The summed E-state index contributed by atoms with van der Waals surface area (Å²) in [6.45, 7) is 3.92. The molecule has 1 amide bonds. The van der Waals surface area contributed by atoms with Gasteiger partial charge in [-0.2, -0.15) is 0 Å². The summed E-state index contributed by atoms with van der Waals surface area (Å²) in [5.41, 5.74) is 4.99. The first-order valence-corrected chi connectivity index (χ1v) is 11.7. The number of benzene rings is 3. The lowest BCUT2D eigenvalue weighted by Gasteiger charge is -2.27. The molecule has 0 radical (unpaired) electrons. The summed E-state index contributed by atoms with van der Waals surface area (Å²) < 4.78 is 5.23. The number of amides is 1. The van der Waals surface area contributed by atoms with Gasteiger partial charge in [0.25, 0.3) is 5.91 Å². The number of carboxylic acids is 1. The maximum atomic E-state index is 12.8. The number of thiocarbonyl (C=S) groups is 1. The van der Waals surface area contributed by atoms with E-state index in [1.54, 1.807) is 13.2 Å². The van der Waals surface area contributed by atoms with Gasteiger partial charge in [0, 0.05) is 29.5 Å². The molecule has 180 valence electrons. The van der Waals surface area contributed by atoms with E-state index in [1.165, 1.54) is 4.90 Å². The summed E-state index contributed by atoms with van der Waals surface area (Å²) in [6, 6.07) is 20.1. The van der Waals surface area contributed by atoms with E-state index in [-0.39, 0.29) is 11.8 Å². The molecule has 1 heterocycles. The molecule has 1 atom stereocenters. The number of hydrogen-bond donors (Lipinski definition) is 3. The first-order chi connectivity index (χ1) is 16.8. The van der Waals surface area contributed by atoms with E-state index in [1.807, 2.05) is 74.5 Å². The largest absolute Gasteiger partial charge is 0.497 e. The van der Waals surface area contributed by atoms with Crippen molar-refractivity contribution >= 4 is 40.6 Å². The highest BCUT2D eigenvalue weighted by atomic mass is 32.1. The van der Waals surface area contributed by atoms with Crippen molar-refractivity contribution in [2.24, 2.45) is 5.92 Å². The number of anilines is 2. The predicted molar refractivity (Wildman–Crippen MR) is 141 cm³/mol. The smallest absolute Gasteiger partial charge is 0.326 e. The number of hydrogen-bond acceptors (Lipinski definition) is 4. The van der Waals surface area contributed by atoms with Crippen LogP contribution < -0.4 is 15.4 Å². The third-order valence-corrected chi connectivity index (χ3v) is 6.17. The van der Waals surface area contributed by atoms with Gasteiger partial charge in [-0.05, 0) is 71.2 Å². The monoisotopic (exact) mass is 489 g/mol. The van der Waals surface area contributed by atoms with Crippen LogP contribution in [0.4, 0.5) is 11.4 Å². The van der Waals surface area contributed by atoms with Crippen LogP contribution in [0, 0.1) is 5.92 Å². The van der Waals surface area contributed by atoms with Crippen molar-refractivity contribution in [2.75, 3.05) is 17.7 Å². The predicted octanol–water partition coefficient (Wildman–Crippen LogP) is 5.24. The fourth-order valence-corrected chi connectivity index (χ4v) is 4.50. The Kier molecular flexibility index (Phi) is 7.02. The first kappa shape index (κ1) is 24.2. The van der Waals surface area contributed by atoms with Crippen LogP contribution in [-0.4, -0.2) is 40.1 Å². The van der Waals surface area contributed by atoms with Crippen molar-refractivity contribution in [1.82, 2.24) is 4.90 Å². The van der Waals surface area contributed by atoms with Crippen LogP contribution in [0.5, 0.6) is 5.75 Å². The molecule has 3 aromatic carbocycles. The van der Waals surface area contributed by atoms with Crippen LogP contribution >= 0.6 is 12.2 Å². The lowest BCUT2D eigenvalue weighted by Crippen LogP contribution is -2.44. The zero-order valence-electron chi connectivity index (χ0n) is 19.7. The molecule has 4 rings (SSSR count). The number of carboxylic acid groups (broad SMARTS) is 1. The Morgan fingerprint density at radius 3 is 2.34 bits per heavy atom. The van der Waals surface area contributed by atoms with E-state index in [0.717, 1.165) is 33.8 Å². The zero-order valence-corrected chi connectivity index (χ0v) is 20.6. The topological polar surface area (TPSA) is 90.9 Å². The second-order valence-electron chi connectivity index (χ2n) is 8.72. The van der Waals surface area contributed by atoms with Gasteiger partial charge in [-0.3, -0.25) is 4.79 Å². The molecule has 0 saturated heterocycles. The lowest BCUT2D eigenvalue weighted by atomic mass is 10.0. The normalized spacial score (nSPS) is 13.4. The number of ether oxygens (including phenoxy) is 1. The zero-order chi connectivity index (χ0) is 25.1. The average molecular weight is 490 g/mol. The van der Waals surface area contributed by atoms with Crippen molar-refractivity contribution in [2.45, 2.75) is 26.4 Å². The minimum Gasteiger partial charge on any atom is -0.497 e. The molecule has 0 saturated carbocycles. The van der Waals surface area contributed by atoms with Crippen molar-refractivity contribution in [1.29, 1.82) is 0 Å². The van der Waals surface area contributed by atoms with Gasteiger partial charge in [0.15, 0.2) is 5.11 Å². The molecule has 0 bridgehead atoms. The molecule has 0 spiro atoms. The van der Waals surface area contributed by atoms with E-state index in [0.29, 0.717) is 17.2 Å². The summed E-state index contributed by atoms with van der Waals surface area (Å²) in [4.78, 5) is 26.0. The fourth-order valence-electron chi connectivity index (χ4n) is 4.27. The number of rotatable bonds is 7. The molecular formula is C27H27N3O4S. The van der Waals surface area contributed by atoms with E-state index in [2.05, 4.69) is 10.6 Å². The third-order valence-electron chi connectivity index (χ3n) is 5.96. The summed E-state index contributed by atoms with van der Waals surface area (Å²) in [5, 5.41) is 16.4. The number of fused-ring (bicyclic) bond motifs is 1. The maximum Gasteiger partial charge on any atom is 0.326 e. The average Bonchev–Trinajstić information content (AvgIpc) is 3.14. The Bertz CT molecular complexity index is 1270. The minimum absolute atomic E-state index is 0.185. The second kappa shape index (κ2) is 10.1. The van der Waals surface area contributed by atoms with E-state index in [9.17, 15) is 14.7 Å². The SMILES string of the molecule is COc1cccc(NC(=S)Nc2ccc(-c3ccc4c(c3)CN([C@H](C(=O)O)C(C)C)C4=O)cc2)c1. The van der Waals surface area contributed by atoms with Gasteiger partial charge >= 0.3 is 5.97 Å². The van der Waals surface area contributed by atoms with Crippen LogP contribution in [0.2, 0.25) is 0 Å². The molecule has 3 aromatic rings. The summed E-state index contributed by atoms with van der Waals surface area (Å²) in [6.07, 6.45) is 0. The van der Waals surface area contributed by atoms with Crippen LogP contribution in [0.1, 0.15) is 29.8 Å². The molecule has 0 unspecified atom stereocenters.